The number of fused-ring (bicyclic) bond motifs is 2. The fourth-order valence-electron chi connectivity index (χ4n) is 4.92. The molecule has 0 unspecified atom stereocenters. The lowest BCUT2D eigenvalue weighted by molar-refractivity contribution is 0.00586. The molecule has 0 spiro atoms. The van der Waals surface area contributed by atoms with Crippen molar-refractivity contribution in [1.82, 2.24) is 19.9 Å². The topological polar surface area (TPSA) is 127 Å². The lowest BCUT2D eigenvalue weighted by Crippen LogP contribution is -2.22. The Labute approximate surface area is 190 Å². The minimum atomic E-state index is -0.213. The summed E-state index contributed by atoms with van der Waals surface area (Å²) < 4.78 is 5.72. The molecule has 0 saturated heterocycles. The van der Waals surface area contributed by atoms with Crippen molar-refractivity contribution in [3.8, 4) is 11.4 Å². The largest absolute Gasteiger partial charge is 0.394 e. The van der Waals surface area contributed by atoms with Gasteiger partial charge in [0.25, 0.3) is 0 Å². The molecule has 0 radical (unpaired) electrons. The van der Waals surface area contributed by atoms with Crippen LogP contribution in [0.2, 0.25) is 0 Å². The minimum Gasteiger partial charge on any atom is -0.394 e. The standard InChI is InChI=1S/C25H27N5O3/c1-14-18-3-2-4-19(15-5-8-17(9-6-15)33-12-11-31)22(18)29-23(26)21(14)25-27-13-16-7-10-20(32)28-24(16)30-25/h2-4,7,10,13,15,17,31H,5-6,8-9,11-12H2,1H3,(H2,26,29)(H,27,28,30,32)/t15-,17+. The number of aliphatic hydroxyl groups excluding tert-OH is 1. The van der Waals surface area contributed by atoms with Gasteiger partial charge in [-0.15, -0.1) is 0 Å². The highest BCUT2D eigenvalue weighted by Crippen LogP contribution is 2.39. The number of hydrogen-bond acceptors (Lipinski definition) is 7. The number of nitrogens with two attached hydrogens (primary N) is 1. The number of ether oxygens (including phenoxy) is 1. The number of H-pyrrole nitrogens is 1. The molecule has 8 nitrogen and oxygen atoms in total. The van der Waals surface area contributed by atoms with Crippen molar-refractivity contribution in [1.29, 1.82) is 0 Å². The highest BCUT2D eigenvalue weighted by atomic mass is 16.5. The number of rotatable bonds is 5. The summed E-state index contributed by atoms with van der Waals surface area (Å²) in [5.41, 5.74) is 10.5. The smallest absolute Gasteiger partial charge is 0.249 e. The molecule has 1 aromatic carbocycles. The summed E-state index contributed by atoms with van der Waals surface area (Å²) in [5, 5.41) is 10.8. The summed E-state index contributed by atoms with van der Waals surface area (Å²) in [6, 6.07) is 9.42. The van der Waals surface area contributed by atoms with E-state index >= 15 is 0 Å². The minimum absolute atomic E-state index is 0.0606. The van der Waals surface area contributed by atoms with Crippen molar-refractivity contribution < 1.29 is 9.84 Å². The number of benzene rings is 1. The normalized spacial score (nSPS) is 18.7. The average Bonchev–Trinajstić information content (AvgIpc) is 2.82. The first-order valence-electron chi connectivity index (χ1n) is 11.3. The van der Waals surface area contributed by atoms with E-state index in [0.29, 0.717) is 35.4 Å². The molecular formula is C25H27N5O3. The summed E-state index contributed by atoms with van der Waals surface area (Å²) in [6.07, 6.45) is 5.86. The number of aryl methyl sites for hydroxylation is 1. The number of para-hydroxylation sites is 1. The van der Waals surface area contributed by atoms with E-state index < -0.39 is 0 Å². The van der Waals surface area contributed by atoms with Crippen LogP contribution in [0.25, 0.3) is 33.3 Å². The third-order valence-electron chi connectivity index (χ3n) is 6.59. The van der Waals surface area contributed by atoms with Gasteiger partial charge in [-0.05, 0) is 55.7 Å². The first-order valence-corrected chi connectivity index (χ1v) is 11.3. The van der Waals surface area contributed by atoms with Gasteiger partial charge in [0.15, 0.2) is 5.82 Å². The van der Waals surface area contributed by atoms with Crippen molar-refractivity contribution in [3.05, 3.63) is 58.0 Å². The average molecular weight is 446 g/mol. The molecule has 0 atom stereocenters. The molecule has 1 fully saturated rings. The van der Waals surface area contributed by atoms with Gasteiger partial charge in [0.05, 0.1) is 30.4 Å². The molecule has 3 aromatic heterocycles. The second-order valence-corrected chi connectivity index (χ2v) is 8.63. The number of nitrogen functional groups attached to an aromatic ring is 1. The summed E-state index contributed by atoms with van der Waals surface area (Å²) in [5.74, 6) is 1.22. The van der Waals surface area contributed by atoms with E-state index in [2.05, 4.69) is 33.2 Å². The van der Waals surface area contributed by atoms with Crippen LogP contribution >= 0.6 is 0 Å². The Morgan fingerprint density at radius 3 is 2.76 bits per heavy atom. The number of anilines is 1. The van der Waals surface area contributed by atoms with Gasteiger partial charge in [-0.1, -0.05) is 18.2 Å². The van der Waals surface area contributed by atoms with Crippen LogP contribution in [0.4, 0.5) is 5.82 Å². The van der Waals surface area contributed by atoms with Crippen LogP contribution in [0.1, 0.15) is 42.7 Å². The quantitative estimate of drug-likeness (QED) is 0.429. The van der Waals surface area contributed by atoms with E-state index in [1.165, 1.54) is 11.6 Å². The Bertz CT molecular complexity index is 1380. The Kier molecular flexibility index (Phi) is 5.78. The zero-order valence-electron chi connectivity index (χ0n) is 18.5. The first-order chi connectivity index (χ1) is 16.0. The van der Waals surface area contributed by atoms with Gasteiger partial charge < -0.3 is 20.6 Å². The predicted molar refractivity (Wildman–Crippen MR) is 128 cm³/mol. The second-order valence-electron chi connectivity index (χ2n) is 8.63. The van der Waals surface area contributed by atoms with E-state index in [-0.39, 0.29) is 18.3 Å². The molecule has 0 amide bonds. The number of aliphatic hydroxyl groups is 1. The van der Waals surface area contributed by atoms with Gasteiger partial charge in [0.2, 0.25) is 5.56 Å². The Balaban J connectivity index is 1.53. The van der Waals surface area contributed by atoms with Crippen LogP contribution in [0.15, 0.2) is 41.3 Å². The van der Waals surface area contributed by atoms with Crippen molar-refractivity contribution >= 4 is 27.8 Å². The highest BCUT2D eigenvalue weighted by Gasteiger charge is 2.25. The van der Waals surface area contributed by atoms with E-state index in [4.69, 9.17) is 20.6 Å². The lowest BCUT2D eigenvalue weighted by Gasteiger charge is -2.29. The molecule has 1 aliphatic carbocycles. The predicted octanol–water partition coefficient (Wildman–Crippen LogP) is 3.46. The van der Waals surface area contributed by atoms with E-state index in [1.54, 1.807) is 12.3 Å². The van der Waals surface area contributed by atoms with Crippen molar-refractivity contribution in [2.45, 2.75) is 44.6 Å². The Hall–Kier alpha value is -3.36. The van der Waals surface area contributed by atoms with Crippen LogP contribution in [0.5, 0.6) is 0 Å². The number of nitrogens with one attached hydrogen (secondary N) is 1. The van der Waals surface area contributed by atoms with Crippen LogP contribution < -0.4 is 11.3 Å². The van der Waals surface area contributed by atoms with Crippen molar-refractivity contribution in [2.75, 3.05) is 18.9 Å². The van der Waals surface area contributed by atoms with Gasteiger partial charge in [0, 0.05) is 23.0 Å². The van der Waals surface area contributed by atoms with E-state index in [1.807, 2.05) is 6.92 Å². The number of aromatic nitrogens is 4. The van der Waals surface area contributed by atoms with E-state index in [0.717, 1.165) is 47.5 Å². The zero-order valence-corrected chi connectivity index (χ0v) is 18.5. The summed E-state index contributed by atoms with van der Waals surface area (Å²) in [6.45, 7) is 2.47. The first kappa shape index (κ1) is 21.5. The SMILES string of the molecule is Cc1c(-c2ncc3ccc(=O)[nH]c3n2)c(N)nc2c1cccc2[C@H]1CC[C@@H](OCCO)CC1. The molecule has 8 heteroatoms. The summed E-state index contributed by atoms with van der Waals surface area (Å²) in [4.78, 5) is 28.4. The Morgan fingerprint density at radius 2 is 1.97 bits per heavy atom. The molecule has 0 bridgehead atoms. The molecule has 170 valence electrons. The number of hydrogen-bond donors (Lipinski definition) is 3. The van der Waals surface area contributed by atoms with E-state index in [9.17, 15) is 4.79 Å². The number of aromatic amines is 1. The van der Waals surface area contributed by atoms with Gasteiger partial charge >= 0.3 is 0 Å². The molecule has 5 rings (SSSR count). The van der Waals surface area contributed by atoms with Crippen LogP contribution in [0.3, 0.4) is 0 Å². The van der Waals surface area contributed by atoms with Crippen molar-refractivity contribution in [3.63, 3.8) is 0 Å². The third kappa shape index (κ3) is 4.07. The Morgan fingerprint density at radius 1 is 1.15 bits per heavy atom. The summed E-state index contributed by atoms with van der Waals surface area (Å²) in [7, 11) is 0. The molecule has 33 heavy (non-hydrogen) atoms. The summed E-state index contributed by atoms with van der Waals surface area (Å²) >= 11 is 0. The van der Waals surface area contributed by atoms with Gasteiger partial charge in [-0.25, -0.2) is 15.0 Å². The maximum atomic E-state index is 11.7. The van der Waals surface area contributed by atoms with Crippen LogP contribution in [-0.2, 0) is 4.74 Å². The van der Waals surface area contributed by atoms with Crippen LogP contribution in [0, 0.1) is 6.92 Å². The molecule has 1 saturated carbocycles. The zero-order chi connectivity index (χ0) is 22.9. The van der Waals surface area contributed by atoms with Crippen LogP contribution in [-0.4, -0.2) is 44.4 Å². The molecule has 1 aliphatic rings. The van der Waals surface area contributed by atoms with Gasteiger partial charge in [-0.3, -0.25) is 4.79 Å². The third-order valence-corrected chi connectivity index (χ3v) is 6.59. The van der Waals surface area contributed by atoms with Gasteiger partial charge in [0.1, 0.15) is 11.5 Å². The fraction of sp³-hybridized carbons (Fsp3) is 0.360. The monoisotopic (exact) mass is 445 g/mol. The molecule has 4 aromatic rings. The van der Waals surface area contributed by atoms with Crippen molar-refractivity contribution in [2.24, 2.45) is 0 Å². The number of nitrogens with zero attached hydrogens (tertiary/aromatic N) is 3. The fourth-order valence-corrected chi connectivity index (χ4v) is 4.92. The maximum absolute atomic E-state index is 11.7. The molecular weight excluding hydrogens is 418 g/mol. The molecule has 4 N–H and O–H groups in total. The van der Waals surface area contributed by atoms with Gasteiger partial charge in [-0.2, -0.15) is 0 Å². The lowest BCUT2D eigenvalue weighted by atomic mass is 9.81. The highest BCUT2D eigenvalue weighted by molar-refractivity contribution is 5.94. The molecule has 3 heterocycles. The molecule has 0 aliphatic heterocycles. The number of pyridine rings is 2. The second kappa shape index (κ2) is 8.88. The maximum Gasteiger partial charge on any atom is 0.249 e.